The van der Waals surface area contributed by atoms with E-state index in [0.29, 0.717) is 10.7 Å². The topological polar surface area (TPSA) is 75.7 Å². The molecule has 6 nitrogen and oxygen atoms in total. The van der Waals surface area contributed by atoms with E-state index in [4.69, 9.17) is 16.3 Å². The Bertz CT molecular complexity index is 1270. The highest BCUT2D eigenvalue weighted by molar-refractivity contribution is 7.92. The fourth-order valence-corrected chi connectivity index (χ4v) is 4.90. The van der Waals surface area contributed by atoms with Gasteiger partial charge in [0.2, 0.25) is 5.91 Å². The van der Waals surface area contributed by atoms with Gasteiger partial charge in [-0.05, 0) is 74.7 Å². The zero-order valence-electron chi connectivity index (χ0n) is 19.8. The minimum atomic E-state index is -4.00. The number of sulfonamides is 1. The van der Waals surface area contributed by atoms with Gasteiger partial charge in [0.1, 0.15) is 18.9 Å². The molecule has 0 aliphatic heterocycles. The third-order valence-corrected chi connectivity index (χ3v) is 7.77. The number of aryl methyl sites for hydroxylation is 3. The summed E-state index contributed by atoms with van der Waals surface area (Å²) in [5, 5.41) is 3.16. The minimum absolute atomic E-state index is 0.0980. The highest BCUT2D eigenvalue weighted by Crippen LogP contribution is 2.28. The van der Waals surface area contributed by atoms with E-state index >= 15 is 0 Å². The van der Waals surface area contributed by atoms with E-state index < -0.39 is 15.9 Å². The van der Waals surface area contributed by atoms with Crippen LogP contribution in [0.25, 0.3) is 0 Å². The van der Waals surface area contributed by atoms with Crippen LogP contribution in [-0.4, -0.2) is 34.0 Å². The lowest BCUT2D eigenvalue weighted by Crippen LogP contribution is -2.42. The molecule has 34 heavy (non-hydrogen) atoms. The second-order valence-electron chi connectivity index (χ2n) is 8.15. The Morgan fingerprint density at radius 1 is 0.971 bits per heavy atom. The van der Waals surface area contributed by atoms with Crippen LogP contribution in [0, 0.1) is 27.7 Å². The monoisotopic (exact) mass is 500 g/mol. The summed E-state index contributed by atoms with van der Waals surface area (Å²) in [5.41, 5.74) is 4.23. The molecule has 1 N–H and O–H groups in total. The van der Waals surface area contributed by atoms with Gasteiger partial charge >= 0.3 is 0 Å². The lowest BCUT2D eigenvalue weighted by Gasteiger charge is -2.24. The van der Waals surface area contributed by atoms with E-state index in [2.05, 4.69) is 5.32 Å². The lowest BCUT2D eigenvalue weighted by atomic mass is 10.1. The van der Waals surface area contributed by atoms with E-state index in [0.717, 1.165) is 32.3 Å². The summed E-state index contributed by atoms with van der Waals surface area (Å²) in [6, 6.07) is 17.2. The predicted octanol–water partition coefficient (Wildman–Crippen LogP) is 4.96. The Balaban J connectivity index is 1.74. The van der Waals surface area contributed by atoms with Crippen LogP contribution in [0.4, 0.5) is 5.69 Å². The van der Waals surface area contributed by atoms with E-state index in [1.54, 1.807) is 30.3 Å². The Morgan fingerprint density at radius 3 is 2.35 bits per heavy atom. The quantitative estimate of drug-likeness (QED) is 0.421. The molecule has 3 rings (SSSR count). The van der Waals surface area contributed by atoms with Crippen LogP contribution >= 0.6 is 11.6 Å². The Morgan fingerprint density at radius 2 is 1.68 bits per heavy atom. The molecule has 0 atom stereocenters. The molecule has 0 radical (unpaired) electrons. The second kappa shape index (κ2) is 10.9. The molecule has 3 aromatic rings. The van der Waals surface area contributed by atoms with E-state index in [1.165, 1.54) is 12.1 Å². The van der Waals surface area contributed by atoms with Crippen molar-refractivity contribution in [1.82, 2.24) is 5.32 Å². The molecule has 0 unspecified atom stereocenters. The van der Waals surface area contributed by atoms with Crippen molar-refractivity contribution in [3.8, 4) is 5.75 Å². The van der Waals surface area contributed by atoms with Crippen molar-refractivity contribution < 1.29 is 17.9 Å². The molecular formula is C26H29ClN2O4S. The molecule has 8 heteroatoms. The van der Waals surface area contributed by atoms with E-state index in [-0.39, 0.29) is 24.6 Å². The number of anilines is 1. The molecule has 0 saturated carbocycles. The second-order valence-corrected chi connectivity index (χ2v) is 10.4. The fourth-order valence-electron chi connectivity index (χ4n) is 3.31. The molecule has 180 valence electrons. The molecule has 0 aliphatic carbocycles. The van der Waals surface area contributed by atoms with Crippen LogP contribution < -0.4 is 14.4 Å². The summed E-state index contributed by atoms with van der Waals surface area (Å²) in [6.45, 7) is 7.79. The van der Waals surface area contributed by atoms with Gasteiger partial charge in [-0.3, -0.25) is 9.10 Å². The smallest absolute Gasteiger partial charge is 0.264 e. The third kappa shape index (κ3) is 6.10. The van der Waals surface area contributed by atoms with Gasteiger partial charge in [0.05, 0.1) is 17.1 Å². The number of benzene rings is 3. The number of nitrogens with one attached hydrogen (secondary N) is 1. The standard InChI is InChI=1S/C26H29ClN2O4S/c1-18-8-12-23(13-9-18)34(31,32)29(22-11-10-20(3)24(27)16-22)17-26(30)28-14-15-33-25-7-5-6-19(2)21(25)4/h5-13,16H,14-15,17H2,1-4H3,(H,28,30). The van der Waals surface area contributed by atoms with Gasteiger partial charge in [0, 0.05) is 5.02 Å². The average molecular weight is 501 g/mol. The van der Waals surface area contributed by atoms with Gasteiger partial charge in [0.25, 0.3) is 10.0 Å². The number of hydrogen-bond donors (Lipinski definition) is 1. The molecule has 3 aromatic carbocycles. The van der Waals surface area contributed by atoms with Crippen LogP contribution in [0.15, 0.2) is 65.6 Å². The number of ether oxygens (including phenoxy) is 1. The highest BCUT2D eigenvalue weighted by Gasteiger charge is 2.27. The number of amides is 1. The average Bonchev–Trinajstić information content (AvgIpc) is 2.80. The SMILES string of the molecule is Cc1ccc(S(=O)(=O)N(CC(=O)NCCOc2cccc(C)c2C)c2ccc(C)c(Cl)c2)cc1. The highest BCUT2D eigenvalue weighted by atomic mass is 35.5. The zero-order chi connectivity index (χ0) is 24.9. The van der Waals surface area contributed by atoms with Crippen LogP contribution in [0.1, 0.15) is 22.3 Å². The Labute approximate surface area is 206 Å². The summed E-state index contributed by atoms with van der Waals surface area (Å²) in [5.74, 6) is 0.309. The molecule has 0 saturated heterocycles. The Kier molecular flexibility index (Phi) is 8.23. The molecule has 1 amide bonds. The van der Waals surface area contributed by atoms with E-state index in [9.17, 15) is 13.2 Å². The van der Waals surface area contributed by atoms with Crippen molar-refractivity contribution in [2.24, 2.45) is 0 Å². The maximum atomic E-state index is 13.4. The molecular weight excluding hydrogens is 472 g/mol. The normalized spacial score (nSPS) is 11.2. The summed E-state index contributed by atoms with van der Waals surface area (Å²) in [6.07, 6.45) is 0. The molecule has 0 aromatic heterocycles. The summed E-state index contributed by atoms with van der Waals surface area (Å²) < 4.78 is 33.7. The van der Waals surface area contributed by atoms with Crippen molar-refractivity contribution >= 4 is 33.2 Å². The largest absolute Gasteiger partial charge is 0.491 e. The van der Waals surface area contributed by atoms with Gasteiger partial charge in [-0.15, -0.1) is 0 Å². The number of carbonyl (C=O) groups excluding carboxylic acids is 1. The number of nitrogens with zero attached hydrogens (tertiary/aromatic N) is 1. The first kappa shape index (κ1) is 25.6. The summed E-state index contributed by atoms with van der Waals surface area (Å²) in [7, 11) is -4.00. The number of rotatable bonds is 9. The number of hydrogen-bond acceptors (Lipinski definition) is 4. The Hall–Kier alpha value is -3.03. The van der Waals surface area contributed by atoms with Gasteiger partial charge < -0.3 is 10.1 Å². The summed E-state index contributed by atoms with van der Waals surface area (Å²) >= 11 is 6.26. The molecule has 0 fully saturated rings. The summed E-state index contributed by atoms with van der Waals surface area (Å²) in [4.78, 5) is 12.8. The number of carbonyl (C=O) groups is 1. The zero-order valence-corrected chi connectivity index (χ0v) is 21.3. The molecule has 0 spiro atoms. The fraction of sp³-hybridized carbons (Fsp3) is 0.269. The maximum Gasteiger partial charge on any atom is 0.264 e. The molecule has 0 heterocycles. The van der Waals surface area contributed by atoms with Crippen molar-refractivity contribution in [1.29, 1.82) is 0 Å². The van der Waals surface area contributed by atoms with Crippen LogP contribution in [0.5, 0.6) is 5.75 Å². The number of halogens is 1. The van der Waals surface area contributed by atoms with Gasteiger partial charge in [-0.25, -0.2) is 8.42 Å². The van der Waals surface area contributed by atoms with E-state index in [1.807, 2.05) is 45.9 Å². The van der Waals surface area contributed by atoms with Crippen LogP contribution in [0.3, 0.4) is 0 Å². The van der Waals surface area contributed by atoms with Crippen molar-refractivity contribution in [3.63, 3.8) is 0 Å². The molecule has 0 bridgehead atoms. The first-order valence-corrected chi connectivity index (χ1v) is 12.7. The minimum Gasteiger partial charge on any atom is -0.491 e. The van der Waals surface area contributed by atoms with Crippen molar-refractivity contribution in [2.45, 2.75) is 32.6 Å². The van der Waals surface area contributed by atoms with Gasteiger partial charge in [0.15, 0.2) is 0 Å². The van der Waals surface area contributed by atoms with Crippen molar-refractivity contribution in [2.75, 3.05) is 24.0 Å². The van der Waals surface area contributed by atoms with Crippen molar-refractivity contribution in [3.05, 3.63) is 87.9 Å². The van der Waals surface area contributed by atoms with Gasteiger partial charge in [-0.2, -0.15) is 0 Å². The first-order chi connectivity index (χ1) is 16.1. The first-order valence-electron chi connectivity index (χ1n) is 10.9. The third-order valence-electron chi connectivity index (χ3n) is 5.58. The predicted molar refractivity (Wildman–Crippen MR) is 136 cm³/mol. The van der Waals surface area contributed by atoms with Gasteiger partial charge in [-0.1, -0.05) is 47.5 Å². The van der Waals surface area contributed by atoms with Crippen LogP contribution in [-0.2, 0) is 14.8 Å². The lowest BCUT2D eigenvalue weighted by molar-refractivity contribution is -0.119. The van der Waals surface area contributed by atoms with Crippen LogP contribution in [0.2, 0.25) is 5.02 Å². The maximum absolute atomic E-state index is 13.4. The molecule has 0 aliphatic rings.